The van der Waals surface area contributed by atoms with E-state index in [0.29, 0.717) is 23.9 Å². The molecule has 1 aliphatic rings. The summed E-state index contributed by atoms with van der Waals surface area (Å²) in [5.74, 6) is 2.45. The van der Waals surface area contributed by atoms with Crippen molar-refractivity contribution < 1.29 is 9.47 Å². The van der Waals surface area contributed by atoms with Crippen molar-refractivity contribution in [3.05, 3.63) is 59.9 Å². The van der Waals surface area contributed by atoms with Crippen molar-refractivity contribution in [2.45, 2.75) is 6.54 Å². The predicted molar refractivity (Wildman–Crippen MR) is 124 cm³/mol. The van der Waals surface area contributed by atoms with E-state index in [2.05, 4.69) is 51.2 Å². The SMILES string of the molecule is COc1cc2nc(CN3CCN(C/C=C/c4ccccc4)CC3)nc(N)c2cc1OC. The van der Waals surface area contributed by atoms with Crippen LogP contribution < -0.4 is 15.2 Å². The fraction of sp³-hybridized carbons (Fsp3) is 0.333. The molecule has 0 saturated carbocycles. The fourth-order valence-electron chi connectivity index (χ4n) is 3.83. The Morgan fingerprint density at radius 3 is 2.32 bits per heavy atom. The first-order chi connectivity index (χ1) is 15.2. The number of nitrogens with zero attached hydrogens (tertiary/aromatic N) is 4. The molecule has 0 aliphatic carbocycles. The van der Waals surface area contributed by atoms with E-state index < -0.39 is 0 Å². The van der Waals surface area contributed by atoms with Gasteiger partial charge in [0.05, 0.1) is 26.3 Å². The molecule has 31 heavy (non-hydrogen) atoms. The molecule has 0 unspecified atom stereocenters. The molecule has 1 fully saturated rings. The molecule has 1 aliphatic heterocycles. The number of nitrogens with two attached hydrogens (primary N) is 1. The zero-order valence-corrected chi connectivity index (χ0v) is 18.1. The van der Waals surface area contributed by atoms with E-state index in [9.17, 15) is 0 Å². The van der Waals surface area contributed by atoms with Gasteiger partial charge in [-0.2, -0.15) is 0 Å². The van der Waals surface area contributed by atoms with E-state index in [0.717, 1.165) is 49.5 Å². The average molecular weight is 420 g/mol. The summed E-state index contributed by atoms with van der Waals surface area (Å²) in [4.78, 5) is 14.1. The van der Waals surface area contributed by atoms with Crippen LogP contribution in [0.5, 0.6) is 11.5 Å². The molecule has 1 saturated heterocycles. The summed E-state index contributed by atoms with van der Waals surface area (Å²) in [6.07, 6.45) is 4.42. The Labute approximate surface area is 183 Å². The van der Waals surface area contributed by atoms with E-state index in [4.69, 9.17) is 20.2 Å². The zero-order chi connectivity index (χ0) is 21.6. The van der Waals surface area contributed by atoms with Crippen LogP contribution in [0, 0.1) is 0 Å². The number of piperazine rings is 1. The molecule has 7 heteroatoms. The monoisotopic (exact) mass is 419 g/mol. The first-order valence-corrected chi connectivity index (χ1v) is 10.5. The Hall–Kier alpha value is -3.16. The molecular formula is C24H29N5O2. The van der Waals surface area contributed by atoms with Crippen molar-refractivity contribution in [2.24, 2.45) is 0 Å². The minimum Gasteiger partial charge on any atom is -0.493 e. The highest BCUT2D eigenvalue weighted by molar-refractivity contribution is 5.90. The minimum atomic E-state index is 0.464. The molecule has 0 radical (unpaired) electrons. The van der Waals surface area contributed by atoms with Gasteiger partial charge in [0, 0.05) is 44.2 Å². The highest BCUT2D eigenvalue weighted by Crippen LogP contribution is 2.33. The van der Waals surface area contributed by atoms with Crippen LogP contribution in [-0.4, -0.2) is 66.7 Å². The van der Waals surface area contributed by atoms with Crippen LogP contribution in [0.15, 0.2) is 48.5 Å². The normalized spacial score (nSPS) is 15.5. The Balaban J connectivity index is 1.36. The molecule has 2 heterocycles. The second-order valence-corrected chi connectivity index (χ2v) is 7.64. The molecular weight excluding hydrogens is 390 g/mol. The summed E-state index contributed by atoms with van der Waals surface area (Å²) in [5.41, 5.74) is 8.23. The first kappa shape index (κ1) is 21.1. The first-order valence-electron chi connectivity index (χ1n) is 10.5. The van der Waals surface area contributed by atoms with Crippen LogP contribution >= 0.6 is 0 Å². The third kappa shape index (κ3) is 5.13. The van der Waals surface area contributed by atoms with Crippen molar-refractivity contribution in [3.8, 4) is 11.5 Å². The molecule has 0 amide bonds. The average Bonchev–Trinajstić information content (AvgIpc) is 2.80. The summed E-state index contributed by atoms with van der Waals surface area (Å²) < 4.78 is 10.8. The van der Waals surface area contributed by atoms with Gasteiger partial charge in [-0.15, -0.1) is 0 Å². The largest absolute Gasteiger partial charge is 0.493 e. The summed E-state index contributed by atoms with van der Waals surface area (Å²) in [7, 11) is 3.22. The second-order valence-electron chi connectivity index (χ2n) is 7.64. The van der Waals surface area contributed by atoms with Crippen molar-refractivity contribution in [1.29, 1.82) is 0 Å². The van der Waals surface area contributed by atoms with Gasteiger partial charge in [0.15, 0.2) is 11.5 Å². The van der Waals surface area contributed by atoms with E-state index >= 15 is 0 Å². The standard InChI is InChI=1S/C24H29N5O2/c1-30-21-15-19-20(16-22(21)31-2)26-23(27-24(19)25)17-29-13-11-28(12-14-29)10-6-9-18-7-4-3-5-8-18/h3-9,15-16H,10-14,17H2,1-2H3,(H2,25,26,27)/b9-6+. The van der Waals surface area contributed by atoms with Gasteiger partial charge in [-0.1, -0.05) is 42.5 Å². The van der Waals surface area contributed by atoms with Crippen molar-refractivity contribution in [1.82, 2.24) is 19.8 Å². The minimum absolute atomic E-state index is 0.464. The molecule has 1 aromatic heterocycles. The number of nitrogen functional groups attached to an aromatic ring is 1. The Bertz CT molecular complexity index is 1050. The maximum Gasteiger partial charge on any atom is 0.162 e. The predicted octanol–water partition coefficient (Wildman–Crippen LogP) is 3.06. The van der Waals surface area contributed by atoms with Crippen LogP contribution in [-0.2, 0) is 6.54 Å². The van der Waals surface area contributed by atoms with Gasteiger partial charge in [-0.25, -0.2) is 9.97 Å². The van der Waals surface area contributed by atoms with Crippen LogP contribution in [0.25, 0.3) is 17.0 Å². The maximum atomic E-state index is 6.22. The number of fused-ring (bicyclic) bond motifs is 1. The molecule has 0 atom stereocenters. The van der Waals surface area contributed by atoms with Crippen molar-refractivity contribution >= 4 is 22.8 Å². The van der Waals surface area contributed by atoms with Gasteiger partial charge < -0.3 is 15.2 Å². The highest BCUT2D eigenvalue weighted by Gasteiger charge is 2.18. The molecule has 4 rings (SSSR count). The van der Waals surface area contributed by atoms with E-state index in [-0.39, 0.29) is 0 Å². The number of methoxy groups -OCH3 is 2. The summed E-state index contributed by atoms with van der Waals surface area (Å²) in [5, 5.41) is 0.774. The van der Waals surface area contributed by atoms with Crippen LogP contribution in [0.3, 0.4) is 0 Å². The smallest absolute Gasteiger partial charge is 0.162 e. The lowest BCUT2D eigenvalue weighted by Crippen LogP contribution is -2.46. The van der Waals surface area contributed by atoms with Gasteiger partial charge in [-0.3, -0.25) is 9.80 Å². The van der Waals surface area contributed by atoms with Gasteiger partial charge in [-0.05, 0) is 11.6 Å². The second kappa shape index (κ2) is 9.76. The van der Waals surface area contributed by atoms with Crippen LogP contribution in [0.2, 0.25) is 0 Å². The van der Waals surface area contributed by atoms with Gasteiger partial charge in [0.2, 0.25) is 0 Å². The lowest BCUT2D eigenvalue weighted by molar-refractivity contribution is 0.135. The number of rotatable bonds is 7. The summed E-state index contributed by atoms with van der Waals surface area (Å²) >= 11 is 0. The molecule has 0 bridgehead atoms. The number of hydrogen-bond donors (Lipinski definition) is 1. The Kier molecular flexibility index (Phi) is 6.64. The third-order valence-electron chi connectivity index (χ3n) is 5.58. The number of anilines is 1. The highest BCUT2D eigenvalue weighted by atomic mass is 16.5. The van der Waals surface area contributed by atoms with Gasteiger partial charge >= 0.3 is 0 Å². The molecule has 0 spiro atoms. The summed E-state index contributed by atoms with van der Waals surface area (Å²) in [6.45, 7) is 5.64. The van der Waals surface area contributed by atoms with Crippen LogP contribution in [0.4, 0.5) is 5.82 Å². The van der Waals surface area contributed by atoms with Crippen LogP contribution in [0.1, 0.15) is 11.4 Å². The number of aromatic nitrogens is 2. The maximum absolute atomic E-state index is 6.22. The lowest BCUT2D eigenvalue weighted by Gasteiger charge is -2.33. The number of ether oxygens (including phenoxy) is 2. The lowest BCUT2D eigenvalue weighted by atomic mass is 10.2. The molecule has 162 valence electrons. The fourth-order valence-corrected chi connectivity index (χ4v) is 3.83. The van der Waals surface area contributed by atoms with Gasteiger partial charge in [0.25, 0.3) is 0 Å². The van der Waals surface area contributed by atoms with E-state index in [1.54, 1.807) is 14.2 Å². The van der Waals surface area contributed by atoms with E-state index in [1.165, 1.54) is 5.56 Å². The van der Waals surface area contributed by atoms with Crippen molar-refractivity contribution in [2.75, 3.05) is 52.7 Å². The Morgan fingerprint density at radius 1 is 0.935 bits per heavy atom. The molecule has 7 nitrogen and oxygen atoms in total. The van der Waals surface area contributed by atoms with Crippen molar-refractivity contribution in [3.63, 3.8) is 0 Å². The number of hydrogen-bond acceptors (Lipinski definition) is 7. The molecule has 2 aromatic carbocycles. The molecule has 3 aromatic rings. The van der Waals surface area contributed by atoms with E-state index in [1.807, 2.05) is 18.2 Å². The third-order valence-corrected chi connectivity index (χ3v) is 5.58. The Morgan fingerprint density at radius 2 is 1.61 bits per heavy atom. The molecule has 2 N–H and O–H groups in total. The topological polar surface area (TPSA) is 76.7 Å². The van der Waals surface area contributed by atoms with Gasteiger partial charge in [0.1, 0.15) is 11.6 Å². The number of benzene rings is 2. The zero-order valence-electron chi connectivity index (χ0n) is 18.1. The summed E-state index contributed by atoms with van der Waals surface area (Å²) in [6, 6.07) is 14.1. The quantitative estimate of drug-likeness (QED) is 0.631.